The minimum atomic E-state index is -1.21. The second-order valence-electron chi connectivity index (χ2n) is 5.86. The Kier molecular flexibility index (Phi) is 6.47. The fourth-order valence-electron chi connectivity index (χ4n) is 3.44. The smallest absolute Gasteiger partial charge is 0.171 e. The monoisotopic (exact) mass is 333 g/mol. The van der Waals surface area contributed by atoms with Crippen LogP contribution in [0.15, 0.2) is 0 Å². The van der Waals surface area contributed by atoms with E-state index >= 15 is 0 Å². The van der Waals surface area contributed by atoms with E-state index in [9.17, 15) is 10.3 Å². The van der Waals surface area contributed by atoms with Crippen LogP contribution in [-0.4, -0.2) is 34.1 Å². The average molecular weight is 333 g/mol. The minimum absolute atomic E-state index is 0. The molecule has 1 heterocycles. The third-order valence-electron chi connectivity index (χ3n) is 4.70. The predicted molar refractivity (Wildman–Crippen MR) is 65.7 cm³/mol. The van der Waals surface area contributed by atoms with Gasteiger partial charge in [0.15, 0.2) is 5.79 Å². The topological polar surface area (TPSA) is 52.6 Å². The Morgan fingerprint density at radius 1 is 1.33 bits per heavy atom. The first-order chi connectivity index (χ1) is 7.70. The third kappa shape index (κ3) is 2.70. The van der Waals surface area contributed by atoms with Crippen molar-refractivity contribution in [3.63, 3.8) is 0 Å². The quantitative estimate of drug-likeness (QED) is 0.807. The summed E-state index contributed by atoms with van der Waals surface area (Å²) in [5, 5.41) is 24.4. The summed E-state index contributed by atoms with van der Waals surface area (Å²) in [7, 11) is 1.52. The first kappa shape index (κ1) is 18.9. The summed E-state index contributed by atoms with van der Waals surface area (Å²) < 4.78 is 5.32. The standard InChI is InChI=1S/C13H26NO3.Y/c1-7-12(8-2)10(3)13(15,17-6)9-11(4,5)14(12)16;/h10,15H,7-9H2,1-6H3;. The van der Waals surface area contributed by atoms with Gasteiger partial charge < -0.3 is 9.84 Å². The van der Waals surface area contributed by atoms with Gasteiger partial charge in [-0.15, -0.1) is 10.3 Å². The van der Waals surface area contributed by atoms with Crippen LogP contribution in [-0.2, 0) is 42.7 Å². The van der Waals surface area contributed by atoms with E-state index in [2.05, 4.69) is 0 Å². The maximum absolute atomic E-state index is 12.6. The van der Waals surface area contributed by atoms with Gasteiger partial charge in [0.1, 0.15) is 0 Å². The van der Waals surface area contributed by atoms with E-state index in [1.807, 2.05) is 34.6 Å². The van der Waals surface area contributed by atoms with Gasteiger partial charge in [-0.2, -0.15) is 0 Å². The van der Waals surface area contributed by atoms with Crippen LogP contribution in [0, 0.1) is 5.92 Å². The number of rotatable bonds is 3. The molecule has 2 unspecified atom stereocenters. The van der Waals surface area contributed by atoms with E-state index in [0.29, 0.717) is 19.3 Å². The van der Waals surface area contributed by atoms with Crippen LogP contribution >= 0.6 is 0 Å². The number of piperidine rings is 1. The first-order valence-electron chi connectivity index (χ1n) is 6.45. The van der Waals surface area contributed by atoms with Crippen molar-refractivity contribution >= 4 is 0 Å². The largest absolute Gasteiger partial charge is 0.365 e. The summed E-state index contributed by atoms with van der Waals surface area (Å²) in [6.07, 6.45) is 1.76. The normalized spacial score (nSPS) is 35.0. The number of ether oxygens (including phenoxy) is 1. The van der Waals surface area contributed by atoms with Crippen molar-refractivity contribution in [3.05, 3.63) is 0 Å². The minimum Gasteiger partial charge on any atom is -0.365 e. The van der Waals surface area contributed by atoms with Gasteiger partial charge in [-0.05, 0) is 26.7 Å². The molecule has 1 fully saturated rings. The van der Waals surface area contributed by atoms with Crippen LogP contribution in [0.1, 0.15) is 53.9 Å². The molecule has 0 aromatic carbocycles. The van der Waals surface area contributed by atoms with Gasteiger partial charge in [0.2, 0.25) is 0 Å². The molecule has 1 saturated heterocycles. The van der Waals surface area contributed by atoms with Crippen molar-refractivity contribution in [2.75, 3.05) is 7.11 Å². The molecule has 0 saturated carbocycles. The molecule has 1 aliphatic rings. The molecule has 1 N–H and O–H groups in total. The summed E-state index contributed by atoms with van der Waals surface area (Å²) >= 11 is 0. The SMILES string of the molecule is CCC1(CC)C(C)C(O)(OC)CC(C)(C)N1[O].[Y]. The molecule has 18 heavy (non-hydrogen) atoms. The molecule has 0 aliphatic carbocycles. The zero-order valence-electron chi connectivity index (χ0n) is 12.5. The van der Waals surface area contributed by atoms with Gasteiger partial charge in [-0.25, -0.2) is 0 Å². The molecule has 0 aromatic rings. The van der Waals surface area contributed by atoms with Gasteiger partial charge in [0, 0.05) is 57.7 Å². The molecule has 5 heteroatoms. The molecule has 1 aliphatic heterocycles. The maximum atomic E-state index is 12.6. The third-order valence-corrected chi connectivity index (χ3v) is 4.70. The van der Waals surface area contributed by atoms with E-state index in [-0.39, 0.29) is 38.6 Å². The fraction of sp³-hybridized carbons (Fsp3) is 1.00. The average Bonchev–Trinajstić information content (AvgIpc) is 2.29. The fourth-order valence-corrected chi connectivity index (χ4v) is 3.44. The Morgan fingerprint density at radius 2 is 1.78 bits per heavy atom. The van der Waals surface area contributed by atoms with Crippen LogP contribution in [0.3, 0.4) is 0 Å². The number of methoxy groups -OCH3 is 1. The number of aliphatic hydroxyl groups is 1. The van der Waals surface area contributed by atoms with E-state index < -0.39 is 16.9 Å². The molecule has 0 spiro atoms. The molecule has 1 rings (SSSR count). The zero-order chi connectivity index (χ0) is 13.5. The summed E-state index contributed by atoms with van der Waals surface area (Å²) in [5.74, 6) is -1.42. The van der Waals surface area contributed by atoms with Crippen molar-refractivity contribution in [1.82, 2.24) is 5.06 Å². The first-order valence-corrected chi connectivity index (χ1v) is 6.45. The van der Waals surface area contributed by atoms with Crippen LogP contribution in [0.25, 0.3) is 0 Å². The Hall–Kier alpha value is 0.944. The molecule has 0 bridgehead atoms. The maximum Gasteiger partial charge on any atom is 0.171 e. The van der Waals surface area contributed by atoms with Crippen molar-refractivity contribution in [3.8, 4) is 0 Å². The van der Waals surface area contributed by atoms with Crippen molar-refractivity contribution < 1.29 is 47.8 Å². The van der Waals surface area contributed by atoms with Crippen molar-refractivity contribution in [1.29, 1.82) is 0 Å². The predicted octanol–water partition coefficient (Wildman–Crippen LogP) is 2.34. The van der Waals surface area contributed by atoms with Crippen molar-refractivity contribution in [2.45, 2.75) is 70.7 Å². The molecular formula is C13H26NO3Y. The Labute approximate surface area is 136 Å². The molecule has 2 radical (unpaired) electrons. The van der Waals surface area contributed by atoms with E-state index in [0.717, 1.165) is 0 Å². The summed E-state index contributed by atoms with van der Waals surface area (Å²) in [6.45, 7) is 9.66. The summed E-state index contributed by atoms with van der Waals surface area (Å²) in [6, 6.07) is 0. The number of nitrogens with zero attached hydrogens (tertiary/aromatic N) is 1. The van der Waals surface area contributed by atoms with E-state index in [1.54, 1.807) is 0 Å². The van der Waals surface area contributed by atoms with Gasteiger partial charge in [0.05, 0.1) is 5.54 Å². The number of hydrogen-bond acceptors (Lipinski definition) is 3. The Balaban J connectivity index is 0.00000289. The summed E-state index contributed by atoms with van der Waals surface area (Å²) in [4.78, 5) is 0. The van der Waals surface area contributed by atoms with E-state index in [1.165, 1.54) is 12.2 Å². The second kappa shape index (κ2) is 6.15. The van der Waals surface area contributed by atoms with Crippen LogP contribution < -0.4 is 0 Å². The van der Waals surface area contributed by atoms with Crippen LogP contribution in [0.4, 0.5) is 0 Å². The molecule has 0 aromatic heterocycles. The molecule has 0 amide bonds. The zero-order valence-corrected chi connectivity index (χ0v) is 15.3. The Bertz CT molecular complexity index is 281. The number of hydroxylamine groups is 2. The molecule has 104 valence electrons. The molecule has 2 atom stereocenters. The molecular weight excluding hydrogens is 307 g/mol. The second-order valence-corrected chi connectivity index (χ2v) is 5.86. The van der Waals surface area contributed by atoms with Crippen LogP contribution in [0.5, 0.6) is 0 Å². The van der Waals surface area contributed by atoms with Gasteiger partial charge in [-0.3, -0.25) is 0 Å². The van der Waals surface area contributed by atoms with Gasteiger partial charge >= 0.3 is 0 Å². The van der Waals surface area contributed by atoms with Crippen molar-refractivity contribution in [2.24, 2.45) is 5.92 Å². The van der Waals surface area contributed by atoms with Crippen LogP contribution in [0.2, 0.25) is 0 Å². The number of hydrogen-bond donors (Lipinski definition) is 1. The van der Waals surface area contributed by atoms with Gasteiger partial charge in [0.25, 0.3) is 0 Å². The molecule has 4 nitrogen and oxygen atoms in total. The summed E-state index contributed by atoms with van der Waals surface area (Å²) in [5.41, 5.74) is -1.16. The van der Waals surface area contributed by atoms with Gasteiger partial charge in [-0.1, -0.05) is 20.8 Å². The van der Waals surface area contributed by atoms with E-state index in [4.69, 9.17) is 4.74 Å². The Morgan fingerprint density at radius 3 is 2.11 bits per heavy atom.